The average Bonchev–Trinajstić information content (AvgIpc) is 2.46. The van der Waals surface area contributed by atoms with E-state index < -0.39 is 40.8 Å². The molecule has 5 nitrogen and oxygen atoms in total. The van der Waals surface area contributed by atoms with Crippen molar-refractivity contribution in [1.29, 1.82) is 0 Å². The van der Waals surface area contributed by atoms with Crippen molar-refractivity contribution in [3.05, 3.63) is 35.6 Å². The Balaban J connectivity index is 2.55. The molecule has 0 radical (unpaired) electrons. The van der Waals surface area contributed by atoms with Crippen molar-refractivity contribution in [2.24, 2.45) is 5.92 Å². The fourth-order valence-corrected chi connectivity index (χ4v) is 2.77. The normalized spacial score (nSPS) is 27.2. The highest BCUT2D eigenvalue weighted by molar-refractivity contribution is 7.80. The van der Waals surface area contributed by atoms with E-state index in [4.69, 9.17) is 12.2 Å². The second kappa shape index (κ2) is 6.52. The van der Waals surface area contributed by atoms with Crippen LogP contribution in [0.5, 0.6) is 0 Å². The largest absolute Gasteiger partial charge is 0.466 e. The molecule has 0 bridgehead atoms. The Morgan fingerprint density at radius 2 is 1.96 bits per heavy atom. The van der Waals surface area contributed by atoms with E-state index in [2.05, 4.69) is 10.1 Å². The minimum atomic E-state index is -5.21. The number of benzene rings is 1. The summed E-state index contributed by atoms with van der Waals surface area (Å²) in [6.45, 7) is 1.25. The lowest BCUT2D eigenvalue weighted by Gasteiger charge is -2.45. The van der Waals surface area contributed by atoms with Gasteiger partial charge >= 0.3 is 12.1 Å². The van der Waals surface area contributed by atoms with E-state index in [1.807, 2.05) is 0 Å². The molecule has 1 heterocycles. The van der Waals surface area contributed by atoms with Crippen molar-refractivity contribution in [3.63, 3.8) is 0 Å². The van der Waals surface area contributed by atoms with Gasteiger partial charge in [0.15, 0.2) is 5.11 Å². The monoisotopic (exact) mass is 366 g/mol. The van der Waals surface area contributed by atoms with Gasteiger partial charge in [-0.05, 0) is 36.8 Å². The summed E-state index contributed by atoms with van der Waals surface area (Å²) < 4.78 is 58.1. The molecular weight excluding hydrogens is 352 g/mol. The molecule has 1 aromatic carbocycles. The Bertz CT molecular complexity index is 638. The van der Waals surface area contributed by atoms with Crippen LogP contribution in [0.1, 0.15) is 18.5 Å². The fraction of sp³-hybridized carbons (Fsp3) is 0.429. The highest BCUT2D eigenvalue weighted by atomic mass is 32.1. The fourth-order valence-electron chi connectivity index (χ4n) is 2.48. The third-order valence-electron chi connectivity index (χ3n) is 3.58. The van der Waals surface area contributed by atoms with Crippen molar-refractivity contribution in [2.45, 2.75) is 24.9 Å². The van der Waals surface area contributed by atoms with E-state index >= 15 is 0 Å². The molecule has 3 atom stereocenters. The van der Waals surface area contributed by atoms with Crippen molar-refractivity contribution in [2.75, 3.05) is 6.61 Å². The summed E-state index contributed by atoms with van der Waals surface area (Å²) in [5.41, 5.74) is -3.48. The van der Waals surface area contributed by atoms with Gasteiger partial charge in [-0.15, -0.1) is 0 Å². The molecule has 0 amide bonds. The quantitative estimate of drug-likeness (QED) is 0.430. The maximum absolute atomic E-state index is 13.4. The van der Waals surface area contributed by atoms with E-state index in [9.17, 15) is 27.5 Å². The van der Waals surface area contributed by atoms with Crippen molar-refractivity contribution < 1.29 is 32.2 Å². The zero-order valence-electron chi connectivity index (χ0n) is 12.4. The second-order valence-corrected chi connectivity index (χ2v) is 5.53. The van der Waals surface area contributed by atoms with Crippen LogP contribution in [0.3, 0.4) is 0 Å². The van der Waals surface area contributed by atoms with Crippen LogP contribution >= 0.6 is 12.2 Å². The lowest BCUT2D eigenvalue weighted by molar-refractivity contribution is -0.292. The van der Waals surface area contributed by atoms with Crippen LogP contribution in [0.25, 0.3) is 0 Å². The predicted octanol–water partition coefficient (Wildman–Crippen LogP) is 1.77. The first-order valence-corrected chi connectivity index (χ1v) is 7.31. The summed E-state index contributed by atoms with van der Waals surface area (Å²) >= 11 is 4.72. The number of thiocarbonyl (C=S) groups is 1. The van der Waals surface area contributed by atoms with E-state index in [0.29, 0.717) is 0 Å². The lowest BCUT2D eigenvalue weighted by Crippen LogP contribution is -2.73. The molecule has 0 saturated carbocycles. The zero-order chi connectivity index (χ0) is 18.1. The zero-order valence-corrected chi connectivity index (χ0v) is 13.2. The van der Waals surface area contributed by atoms with Crippen LogP contribution < -0.4 is 10.6 Å². The number of rotatable bonds is 3. The second-order valence-electron chi connectivity index (χ2n) is 5.12. The number of hydrogen-bond acceptors (Lipinski definition) is 4. The topological polar surface area (TPSA) is 70.6 Å². The molecule has 1 aliphatic rings. The molecule has 1 fully saturated rings. The number of aliphatic hydroxyl groups is 1. The Morgan fingerprint density at radius 3 is 2.46 bits per heavy atom. The average molecular weight is 366 g/mol. The van der Waals surface area contributed by atoms with E-state index in [-0.39, 0.29) is 12.2 Å². The van der Waals surface area contributed by atoms with Crippen LogP contribution in [0.15, 0.2) is 24.3 Å². The molecule has 0 aliphatic carbocycles. The third kappa shape index (κ3) is 3.29. The minimum absolute atomic E-state index is 0.140. The molecule has 2 rings (SSSR count). The van der Waals surface area contributed by atoms with Crippen LogP contribution in [-0.4, -0.2) is 34.7 Å². The molecule has 10 heteroatoms. The van der Waals surface area contributed by atoms with E-state index in [0.717, 1.165) is 12.1 Å². The predicted molar refractivity (Wildman–Crippen MR) is 79.1 cm³/mol. The number of ether oxygens (including phenoxy) is 1. The third-order valence-corrected chi connectivity index (χ3v) is 3.80. The first kappa shape index (κ1) is 18.4. The Kier molecular flexibility index (Phi) is 5.00. The Labute approximate surface area is 140 Å². The number of esters is 1. The summed E-state index contributed by atoms with van der Waals surface area (Å²) in [7, 11) is 0. The number of nitrogens with one attached hydrogen (secondary N) is 2. The molecule has 1 aliphatic heterocycles. The highest BCUT2D eigenvalue weighted by Gasteiger charge is 2.66. The van der Waals surface area contributed by atoms with Gasteiger partial charge in [-0.2, -0.15) is 13.2 Å². The molecule has 132 valence electrons. The summed E-state index contributed by atoms with van der Waals surface area (Å²) in [5.74, 6) is -3.96. The maximum atomic E-state index is 13.4. The lowest BCUT2D eigenvalue weighted by atomic mass is 9.82. The van der Waals surface area contributed by atoms with Crippen molar-refractivity contribution >= 4 is 23.3 Å². The molecule has 0 unspecified atom stereocenters. The van der Waals surface area contributed by atoms with Crippen LogP contribution in [-0.2, 0) is 9.53 Å². The van der Waals surface area contributed by atoms with E-state index in [1.54, 1.807) is 5.32 Å². The van der Waals surface area contributed by atoms with Gasteiger partial charge in [0, 0.05) is 0 Å². The molecule has 24 heavy (non-hydrogen) atoms. The Morgan fingerprint density at radius 1 is 1.38 bits per heavy atom. The summed E-state index contributed by atoms with van der Waals surface area (Å²) in [6, 6.07) is 3.09. The number of alkyl halides is 3. The summed E-state index contributed by atoms with van der Waals surface area (Å²) in [4.78, 5) is 12.1. The van der Waals surface area contributed by atoms with Gasteiger partial charge in [0.2, 0.25) is 0 Å². The van der Waals surface area contributed by atoms with E-state index in [1.165, 1.54) is 19.1 Å². The van der Waals surface area contributed by atoms with Gasteiger partial charge in [0.25, 0.3) is 5.72 Å². The van der Waals surface area contributed by atoms with Crippen LogP contribution in [0, 0.1) is 11.7 Å². The SMILES string of the molecule is CCOC(=O)[C@H]1[C@@H](c2ccc(F)cc2)NC(=S)N[C@@]1(O)C(F)(F)F. The molecule has 1 saturated heterocycles. The number of halogens is 4. The first-order chi connectivity index (χ1) is 11.1. The van der Waals surface area contributed by atoms with Crippen LogP contribution in [0.4, 0.5) is 17.6 Å². The molecule has 3 N–H and O–H groups in total. The molecule has 0 spiro atoms. The molecule has 0 aromatic heterocycles. The summed E-state index contributed by atoms with van der Waals surface area (Å²) in [5, 5.41) is 13.9. The standard InChI is InChI=1S/C14H14F4N2O3S/c1-2-23-11(21)9-10(7-3-5-8(15)6-4-7)19-12(24)20-13(9,22)14(16,17)18/h3-6,9-10,22H,2H2,1H3,(H2,19,20,24)/t9-,10-,13+/m1/s1. The number of carbonyl (C=O) groups excluding carboxylic acids is 1. The molecular formula is C14H14F4N2O3S. The van der Waals surface area contributed by atoms with Gasteiger partial charge in [0.1, 0.15) is 11.7 Å². The summed E-state index contributed by atoms with van der Waals surface area (Å²) in [6.07, 6.45) is -5.21. The highest BCUT2D eigenvalue weighted by Crippen LogP contribution is 2.43. The number of carbonyl (C=O) groups is 1. The van der Waals surface area contributed by atoms with Gasteiger partial charge < -0.3 is 20.5 Å². The van der Waals surface area contributed by atoms with Gasteiger partial charge in [-0.1, -0.05) is 12.1 Å². The Hall–Kier alpha value is -1.94. The maximum Gasteiger partial charge on any atom is 0.437 e. The van der Waals surface area contributed by atoms with Gasteiger partial charge in [-0.3, -0.25) is 4.79 Å². The van der Waals surface area contributed by atoms with Gasteiger partial charge in [0.05, 0.1) is 12.6 Å². The first-order valence-electron chi connectivity index (χ1n) is 6.90. The van der Waals surface area contributed by atoms with Crippen molar-refractivity contribution in [3.8, 4) is 0 Å². The minimum Gasteiger partial charge on any atom is -0.466 e. The van der Waals surface area contributed by atoms with Crippen molar-refractivity contribution in [1.82, 2.24) is 10.6 Å². The van der Waals surface area contributed by atoms with Crippen LogP contribution in [0.2, 0.25) is 0 Å². The molecule has 1 aromatic rings. The smallest absolute Gasteiger partial charge is 0.437 e. The van der Waals surface area contributed by atoms with Gasteiger partial charge in [-0.25, -0.2) is 4.39 Å². The number of hydrogen-bond donors (Lipinski definition) is 3.